The molecule has 0 spiro atoms. The number of unbranched alkanes of at least 4 members (excludes halogenated alkanes) is 1. The Balaban J connectivity index is 2.12. The molecule has 0 atom stereocenters. The second-order valence-electron chi connectivity index (χ2n) is 2.40. The van der Waals surface area contributed by atoms with Gasteiger partial charge in [-0.25, -0.2) is 0 Å². The maximum Gasteiger partial charge on any atom is 0.288 e. The fraction of sp³-hybridized carbons (Fsp3) is 0.714. The van der Waals surface area contributed by atoms with Gasteiger partial charge in [-0.05, 0) is 18.9 Å². The van der Waals surface area contributed by atoms with Crippen molar-refractivity contribution in [2.45, 2.75) is 32.1 Å². The Hall–Kier alpha value is -0.400. The van der Waals surface area contributed by atoms with Crippen molar-refractivity contribution in [3.05, 3.63) is 11.6 Å². The summed E-state index contributed by atoms with van der Waals surface area (Å²) in [4.78, 5) is 0. The Kier molecular flexibility index (Phi) is 1.56. The van der Waals surface area contributed by atoms with E-state index in [1.54, 1.807) is 0 Å². The molecule has 2 heteroatoms. The van der Waals surface area contributed by atoms with Crippen LogP contribution in [-0.4, -0.2) is 5.92 Å². The van der Waals surface area contributed by atoms with Gasteiger partial charge in [-0.15, -0.1) is 0 Å². The Morgan fingerprint density at radius 1 is 1.56 bits per heavy atom. The standard InChI is InChI=1S/C7H10F2/c1-2-3-4-6-5-7(6,8)9/h5H,2-4H2,1H3. The molecule has 0 saturated carbocycles. The van der Waals surface area contributed by atoms with Crippen LogP contribution in [0.15, 0.2) is 11.6 Å². The van der Waals surface area contributed by atoms with Crippen LogP contribution in [0.5, 0.6) is 0 Å². The first kappa shape index (κ1) is 6.72. The van der Waals surface area contributed by atoms with Gasteiger partial charge < -0.3 is 0 Å². The van der Waals surface area contributed by atoms with Crippen molar-refractivity contribution in [3.8, 4) is 0 Å². The van der Waals surface area contributed by atoms with E-state index in [-0.39, 0.29) is 0 Å². The minimum atomic E-state index is -2.49. The van der Waals surface area contributed by atoms with E-state index in [0.717, 1.165) is 18.9 Å². The summed E-state index contributed by atoms with van der Waals surface area (Å²) < 4.78 is 24.1. The van der Waals surface area contributed by atoms with Crippen molar-refractivity contribution in [2.24, 2.45) is 0 Å². The first-order chi connectivity index (χ1) is 4.17. The van der Waals surface area contributed by atoms with E-state index in [1.165, 1.54) is 0 Å². The summed E-state index contributed by atoms with van der Waals surface area (Å²) >= 11 is 0. The van der Waals surface area contributed by atoms with Crippen LogP contribution in [0.25, 0.3) is 0 Å². The van der Waals surface area contributed by atoms with E-state index in [4.69, 9.17) is 0 Å². The van der Waals surface area contributed by atoms with E-state index in [1.807, 2.05) is 6.92 Å². The maximum atomic E-state index is 12.0. The van der Waals surface area contributed by atoms with E-state index in [9.17, 15) is 8.78 Å². The summed E-state index contributed by atoms with van der Waals surface area (Å²) in [7, 11) is 0. The van der Waals surface area contributed by atoms with Crippen LogP contribution >= 0.6 is 0 Å². The number of halogens is 2. The topological polar surface area (TPSA) is 0 Å². The second-order valence-corrected chi connectivity index (χ2v) is 2.40. The van der Waals surface area contributed by atoms with Crippen LogP contribution in [0.1, 0.15) is 26.2 Å². The number of hydrogen-bond donors (Lipinski definition) is 0. The molecule has 0 fully saturated rings. The highest BCUT2D eigenvalue weighted by molar-refractivity contribution is 5.37. The molecule has 0 aliphatic heterocycles. The quantitative estimate of drug-likeness (QED) is 0.518. The van der Waals surface area contributed by atoms with Gasteiger partial charge >= 0.3 is 0 Å². The molecular formula is C7H10F2. The molecule has 0 amide bonds. The maximum absolute atomic E-state index is 12.0. The van der Waals surface area contributed by atoms with E-state index in [2.05, 4.69) is 0 Å². The number of rotatable bonds is 3. The van der Waals surface area contributed by atoms with Gasteiger partial charge in [0.2, 0.25) is 0 Å². The first-order valence-electron chi connectivity index (χ1n) is 3.27. The average Bonchev–Trinajstić information content (AvgIpc) is 2.35. The van der Waals surface area contributed by atoms with Crippen LogP contribution in [-0.2, 0) is 0 Å². The molecule has 1 rings (SSSR count). The zero-order valence-corrected chi connectivity index (χ0v) is 5.45. The molecule has 0 nitrogen and oxygen atoms in total. The van der Waals surface area contributed by atoms with Crippen molar-refractivity contribution >= 4 is 0 Å². The highest BCUT2D eigenvalue weighted by atomic mass is 19.3. The fourth-order valence-corrected chi connectivity index (χ4v) is 0.789. The normalized spacial score (nSPS) is 21.4. The largest absolute Gasteiger partial charge is 0.288 e. The molecule has 0 aromatic carbocycles. The van der Waals surface area contributed by atoms with Gasteiger partial charge in [-0.2, -0.15) is 8.78 Å². The Morgan fingerprint density at radius 2 is 2.11 bits per heavy atom. The highest BCUT2D eigenvalue weighted by Crippen LogP contribution is 2.42. The molecule has 0 N–H and O–H groups in total. The van der Waals surface area contributed by atoms with Gasteiger partial charge in [-0.3, -0.25) is 0 Å². The van der Waals surface area contributed by atoms with Crippen molar-refractivity contribution in [1.82, 2.24) is 0 Å². The molecule has 0 aromatic rings. The van der Waals surface area contributed by atoms with Crippen LogP contribution in [0, 0.1) is 0 Å². The molecule has 0 aromatic heterocycles. The highest BCUT2D eigenvalue weighted by Gasteiger charge is 2.43. The summed E-state index contributed by atoms with van der Waals surface area (Å²) in [6, 6.07) is 0. The number of allylic oxidation sites excluding steroid dienone is 2. The predicted octanol–water partition coefficient (Wildman–Crippen LogP) is 2.75. The molecule has 1 aliphatic carbocycles. The fourth-order valence-electron chi connectivity index (χ4n) is 0.789. The Morgan fingerprint density at radius 3 is 2.44 bits per heavy atom. The van der Waals surface area contributed by atoms with Crippen LogP contribution in [0.4, 0.5) is 8.78 Å². The van der Waals surface area contributed by atoms with Crippen molar-refractivity contribution in [1.29, 1.82) is 0 Å². The summed E-state index contributed by atoms with van der Waals surface area (Å²) in [5.74, 6) is -2.49. The third-order valence-corrected chi connectivity index (χ3v) is 1.50. The van der Waals surface area contributed by atoms with Crippen LogP contribution in [0.3, 0.4) is 0 Å². The third-order valence-electron chi connectivity index (χ3n) is 1.50. The molecule has 0 saturated heterocycles. The smallest absolute Gasteiger partial charge is 0.197 e. The zero-order valence-electron chi connectivity index (χ0n) is 5.45. The van der Waals surface area contributed by atoms with Crippen molar-refractivity contribution < 1.29 is 8.78 Å². The minimum Gasteiger partial charge on any atom is -0.197 e. The monoisotopic (exact) mass is 132 g/mol. The Bertz CT molecular complexity index is 136. The first-order valence-corrected chi connectivity index (χ1v) is 3.27. The third kappa shape index (κ3) is 1.50. The van der Waals surface area contributed by atoms with E-state index >= 15 is 0 Å². The van der Waals surface area contributed by atoms with Gasteiger partial charge in [0.15, 0.2) is 0 Å². The summed E-state index contributed by atoms with van der Waals surface area (Å²) in [5, 5.41) is 0. The predicted molar refractivity (Wildman–Crippen MR) is 32.6 cm³/mol. The molecule has 0 heterocycles. The number of hydrogen-bond acceptors (Lipinski definition) is 0. The van der Waals surface area contributed by atoms with Crippen LogP contribution < -0.4 is 0 Å². The zero-order chi connectivity index (χ0) is 6.91. The molecule has 52 valence electrons. The number of alkyl halides is 2. The average molecular weight is 132 g/mol. The second kappa shape index (κ2) is 2.09. The SMILES string of the molecule is CCCCC1=CC1(F)F. The molecule has 0 bridgehead atoms. The lowest BCUT2D eigenvalue weighted by atomic mass is 10.2. The molecule has 1 aliphatic rings. The van der Waals surface area contributed by atoms with Gasteiger partial charge in [0, 0.05) is 5.57 Å². The Labute approximate surface area is 53.6 Å². The summed E-state index contributed by atoms with van der Waals surface area (Å²) in [5.41, 5.74) is 0.337. The lowest BCUT2D eigenvalue weighted by molar-refractivity contribution is 0.140. The van der Waals surface area contributed by atoms with Gasteiger partial charge in [-0.1, -0.05) is 13.3 Å². The molecule has 9 heavy (non-hydrogen) atoms. The minimum absolute atomic E-state index is 0.337. The van der Waals surface area contributed by atoms with Gasteiger partial charge in [0.05, 0.1) is 0 Å². The van der Waals surface area contributed by atoms with Gasteiger partial charge in [0.25, 0.3) is 5.92 Å². The lowest BCUT2D eigenvalue weighted by Crippen LogP contribution is -1.93. The van der Waals surface area contributed by atoms with Crippen LogP contribution in [0.2, 0.25) is 0 Å². The lowest BCUT2D eigenvalue weighted by Gasteiger charge is -1.94. The van der Waals surface area contributed by atoms with Gasteiger partial charge in [0.1, 0.15) is 0 Å². The molecule has 0 radical (unpaired) electrons. The molecular weight excluding hydrogens is 122 g/mol. The van der Waals surface area contributed by atoms with Crippen molar-refractivity contribution in [2.75, 3.05) is 0 Å². The molecule has 0 unspecified atom stereocenters. The van der Waals surface area contributed by atoms with E-state index in [0.29, 0.717) is 12.0 Å². The van der Waals surface area contributed by atoms with E-state index < -0.39 is 5.92 Å². The summed E-state index contributed by atoms with van der Waals surface area (Å²) in [6.45, 7) is 2.00. The van der Waals surface area contributed by atoms with Crippen molar-refractivity contribution in [3.63, 3.8) is 0 Å². The summed E-state index contributed by atoms with van der Waals surface area (Å²) in [6.07, 6.45) is 3.51.